The summed E-state index contributed by atoms with van der Waals surface area (Å²) in [6.07, 6.45) is -2.98. The molecule has 0 aliphatic heterocycles. The van der Waals surface area contributed by atoms with Gasteiger partial charge < -0.3 is 5.32 Å². The van der Waals surface area contributed by atoms with Crippen LogP contribution in [0.5, 0.6) is 0 Å². The summed E-state index contributed by atoms with van der Waals surface area (Å²) in [5, 5.41) is 3.01. The second-order valence-corrected chi connectivity index (χ2v) is 4.72. The molecule has 1 aromatic heterocycles. The summed E-state index contributed by atoms with van der Waals surface area (Å²) in [5.41, 5.74) is 0.966. The lowest BCUT2D eigenvalue weighted by molar-refractivity contribution is -0.140. The number of rotatable bonds is 4. The molecule has 0 unspecified atom stereocenters. The summed E-state index contributed by atoms with van der Waals surface area (Å²) >= 11 is 0. The first-order chi connectivity index (χ1) is 9.86. The third-order valence-electron chi connectivity index (χ3n) is 2.97. The Morgan fingerprint density at radius 2 is 1.71 bits per heavy atom. The van der Waals surface area contributed by atoms with Crippen LogP contribution in [-0.4, -0.2) is 4.98 Å². The normalized spacial score (nSPS) is 11.7. The van der Waals surface area contributed by atoms with Crippen LogP contribution in [0.2, 0.25) is 0 Å². The van der Waals surface area contributed by atoms with E-state index in [1.165, 1.54) is 6.07 Å². The van der Waals surface area contributed by atoms with Gasteiger partial charge in [0.15, 0.2) is 0 Å². The van der Waals surface area contributed by atoms with Crippen molar-refractivity contribution in [3.63, 3.8) is 0 Å². The van der Waals surface area contributed by atoms with Gasteiger partial charge in [-0.2, -0.15) is 13.2 Å². The molecule has 0 saturated carbocycles. The molecule has 0 saturated heterocycles. The Bertz CT molecular complexity index is 606. The minimum atomic E-state index is -4.68. The molecule has 1 aromatic carbocycles. The summed E-state index contributed by atoms with van der Waals surface area (Å²) in [7, 11) is 0. The van der Waals surface area contributed by atoms with Crippen molar-refractivity contribution in [3.8, 4) is 0 Å². The fourth-order valence-corrected chi connectivity index (χ4v) is 1.85. The molecule has 0 fully saturated rings. The Kier molecular flexibility index (Phi) is 4.57. The third-order valence-corrected chi connectivity index (χ3v) is 2.97. The summed E-state index contributed by atoms with van der Waals surface area (Å²) in [4.78, 5) is 4.12. The molecule has 21 heavy (non-hydrogen) atoms. The van der Waals surface area contributed by atoms with Crippen LogP contribution < -0.4 is 5.32 Å². The standard InChI is InChI=1S/C15H14F4N2/c1-10-2-3-12(9-21-10)8-20-7-11-4-5-14(16)13(6-11)15(17,18)19/h2-6,9,20H,7-8H2,1H3. The van der Waals surface area contributed by atoms with Gasteiger partial charge in [-0.1, -0.05) is 12.1 Å². The van der Waals surface area contributed by atoms with Crippen molar-refractivity contribution in [2.75, 3.05) is 0 Å². The topological polar surface area (TPSA) is 24.9 Å². The maximum Gasteiger partial charge on any atom is 0.419 e. The number of aromatic nitrogens is 1. The highest BCUT2D eigenvalue weighted by molar-refractivity contribution is 5.27. The number of pyridine rings is 1. The van der Waals surface area contributed by atoms with Gasteiger partial charge in [-0.05, 0) is 36.2 Å². The largest absolute Gasteiger partial charge is 0.419 e. The summed E-state index contributed by atoms with van der Waals surface area (Å²) in [6.45, 7) is 2.57. The summed E-state index contributed by atoms with van der Waals surface area (Å²) < 4.78 is 50.9. The van der Waals surface area contributed by atoms with Crippen LogP contribution in [0.15, 0.2) is 36.5 Å². The zero-order chi connectivity index (χ0) is 15.5. The van der Waals surface area contributed by atoms with Crippen molar-refractivity contribution in [1.29, 1.82) is 0 Å². The monoisotopic (exact) mass is 298 g/mol. The minimum Gasteiger partial charge on any atom is -0.309 e. The Morgan fingerprint density at radius 1 is 1.05 bits per heavy atom. The molecule has 2 aromatic rings. The molecule has 0 bridgehead atoms. The molecule has 0 aliphatic carbocycles. The average molecular weight is 298 g/mol. The number of nitrogens with zero attached hydrogens (tertiary/aromatic N) is 1. The van der Waals surface area contributed by atoms with Crippen LogP contribution in [-0.2, 0) is 19.3 Å². The number of hydrogen-bond acceptors (Lipinski definition) is 2. The van der Waals surface area contributed by atoms with E-state index in [1.54, 1.807) is 6.20 Å². The molecule has 0 atom stereocenters. The molecule has 112 valence electrons. The van der Waals surface area contributed by atoms with Gasteiger partial charge in [-0.3, -0.25) is 4.98 Å². The lowest BCUT2D eigenvalue weighted by Crippen LogP contribution is -2.15. The van der Waals surface area contributed by atoms with Gasteiger partial charge >= 0.3 is 6.18 Å². The number of halogens is 4. The number of alkyl halides is 3. The number of aryl methyl sites for hydroxylation is 1. The van der Waals surface area contributed by atoms with Gasteiger partial charge in [0.2, 0.25) is 0 Å². The summed E-state index contributed by atoms with van der Waals surface area (Å²) in [6, 6.07) is 6.76. The van der Waals surface area contributed by atoms with Gasteiger partial charge in [-0.15, -0.1) is 0 Å². The van der Waals surface area contributed by atoms with Gasteiger partial charge in [0, 0.05) is 25.0 Å². The summed E-state index contributed by atoms with van der Waals surface area (Å²) in [5.74, 6) is -1.26. The fourth-order valence-electron chi connectivity index (χ4n) is 1.85. The molecule has 2 nitrogen and oxygen atoms in total. The number of hydrogen-bond donors (Lipinski definition) is 1. The Labute approximate surface area is 119 Å². The van der Waals surface area contributed by atoms with Crippen LogP contribution in [0.1, 0.15) is 22.4 Å². The second kappa shape index (κ2) is 6.22. The zero-order valence-corrected chi connectivity index (χ0v) is 11.3. The molecule has 6 heteroatoms. The lowest BCUT2D eigenvalue weighted by Gasteiger charge is -2.11. The fraction of sp³-hybridized carbons (Fsp3) is 0.267. The van der Waals surface area contributed by atoms with E-state index in [4.69, 9.17) is 0 Å². The molecule has 0 aliphatic rings. The Morgan fingerprint density at radius 3 is 2.33 bits per heavy atom. The predicted octanol–water partition coefficient (Wildman–Crippen LogP) is 3.84. The van der Waals surface area contributed by atoms with Crippen molar-refractivity contribution in [2.24, 2.45) is 0 Å². The van der Waals surface area contributed by atoms with E-state index in [2.05, 4.69) is 10.3 Å². The number of nitrogens with one attached hydrogen (secondary N) is 1. The van der Waals surface area contributed by atoms with E-state index in [0.717, 1.165) is 23.4 Å². The lowest BCUT2D eigenvalue weighted by atomic mass is 10.1. The van der Waals surface area contributed by atoms with Crippen molar-refractivity contribution >= 4 is 0 Å². The molecular weight excluding hydrogens is 284 g/mol. The van der Waals surface area contributed by atoms with E-state index >= 15 is 0 Å². The van der Waals surface area contributed by atoms with Crippen molar-refractivity contribution in [2.45, 2.75) is 26.2 Å². The van der Waals surface area contributed by atoms with E-state index in [9.17, 15) is 17.6 Å². The van der Waals surface area contributed by atoms with Crippen LogP contribution in [0.25, 0.3) is 0 Å². The van der Waals surface area contributed by atoms with E-state index in [1.807, 2.05) is 19.1 Å². The molecule has 2 rings (SSSR count). The van der Waals surface area contributed by atoms with Gasteiger partial charge in [0.05, 0.1) is 5.56 Å². The first kappa shape index (κ1) is 15.4. The van der Waals surface area contributed by atoms with Crippen LogP contribution in [0.4, 0.5) is 17.6 Å². The average Bonchev–Trinajstić information content (AvgIpc) is 2.41. The molecule has 0 radical (unpaired) electrons. The predicted molar refractivity (Wildman–Crippen MR) is 70.9 cm³/mol. The third kappa shape index (κ3) is 4.26. The highest BCUT2D eigenvalue weighted by atomic mass is 19.4. The van der Waals surface area contributed by atoms with Crippen molar-refractivity contribution < 1.29 is 17.6 Å². The van der Waals surface area contributed by atoms with Crippen molar-refractivity contribution in [1.82, 2.24) is 10.3 Å². The second-order valence-electron chi connectivity index (χ2n) is 4.72. The number of benzene rings is 1. The van der Waals surface area contributed by atoms with Gasteiger partial charge in [0.1, 0.15) is 5.82 Å². The van der Waals surface area contributed by atoms with Crippen LogP contribution >= 0.6 is 0 Å². The van der Waals surface area contributed by atoms with E-state index in [-0.39, 0.29) is 6.54 Å². The maximum atomic E-state index is 13.1. The Hall–Kier alpha value is -1.95. The molecular formula is C15H14F4N2. The highest BCUT2D eigenvalue weighted by Gasteiger charge is 2.34. The zero-order valence-electron chi connectivity index (χ0n) is 11.3. The molecule has 0 amide bonds. The quantitative estimate of drug-likeness (QED) is 0.868. The molecule has 1 heterocycles. The maximum absolute atomic E-state index is 13.1. The smallest absolute Gasteiger partial charge is 0.309 e. The molecule has 1 N–H and O–H groups in total. The highest BCUT2D eigenvalue weighted by Crippen LogP contribution is 2.31. The van der Waals surface area contributed by atoms with Crippen molar-refractivity contribution in [3.05, 3.63) is 64.7 Å². The van der Waals surface area contributed by atoms with E-state index < -0.39 is 17.6 Å². The molecule has 0 spiro atoms. The van der Waals surface area contributed by atoms with E-state index in [0.29, 0.717) is 12.1 Å². The van der Waals surface area contributed by atoms with Crippen LogP contribution in [0.3, 0.4) is 0 Å². The van der Waals surface area contributed by atoms with Gasteiger partial charge in [0.25, 0.3) is 0 Å². The minimum absolute atomic E-state index is 0.219. The van der Waals surface area contributed by atoms with Crippen LogP contribution in [0, 0.1) is 12.7 Å². The first-order valence-corrected chi connectivity index (χ1v) is 6.34. The first-order valence-electron chi connectivity index (χ1n) is 6.34. The van der Waals surface area contributed by atoms with Gasteiger partial charge in [-0.25, -0.2) is 4.39 Å². The Balaban J connectivity index is 1.99. The SMILES string of the molecule is Cc1ccc(CNCc2ccc(F)c(C(F)(F)F)c2)cn1.